The lowest BCUT2D eigenvalue weighted by molar-refractivity contribution is -0.135. The number of nitrogens with one attached hydrogen (secondary N) is 1. The van der Waals surface area contributed by atoms with Crippen molar-refractivity contribution in [2.75, 3.05) is 6.54 Å². The second-order valence-electron chi connectivity index (χ2n) is 4.22. The third kappa shape index (κ3) is 5.69. The van der Waals surface area contributed by atoms with E-state index in [1.165, 1.54) is 6.07 Å². The third-order valence-electron chi connectivity index (χ3n) is 2.55. The average molecular weight is 324 g/mol. The first-order chi connectivity index (χ1) is 9.65. The van der Waals surface area contributed by atoms with Crippen LogP contribution in [0.5, 0.6) is 0 Å². The van der Waals surface area contributed by atoms with Crippen LogP contribution >= 0.6 is 0 Å². The quantitative estimate of drug-likeness (QED) is 0.646. The van der Waals surface area contributed by atoms with E-state index in [0.29, 0.717) is 0 Å². The summed E-state index contributed by atoms with van der Waals surface area (Å²) >= 11 is 0. The Balaban J connectivity index is 2.60. The van der Waals surface area contributed by atoms with Crippen molar-refractivity contribution in [2.24, 2.45) is 0 Å². The highest BCUT2D eigenvalue weighted by molar-refractivity contribution is 7.89. The number of alkyl halides is 3. The highest BCUT2D eigenvalue weighted by Gasteiger charge is 2.26. The maximum atomic E-state index is 13.1. The van der Waals surface area contributed by atoms with Gasteiger partial charge in [0.2, 0.25) is 10.0 Å². The molecule has 1 aromatic rings. The Labute approximate surface area is 119 Å². The molecule has 0 fully saturated rings. The maximum Gasteiger partial charge on any atom is 0.389 e. The minimum atomic E-state index is -4.27. The SMILES string of the molecule is N#Cc1cc(S(=O)(=O)NCCCCC(F)(F)F)ccc1F. The van der Waals surface area contributed by atoms with E-state index >= 15 is 0 Å². The lowest BCUT2D eigenvalue weighted by Crippen LogP contribution is -2.25. The highest BCUT2D eigenvalue weighted by atomic mass is 32.2. The molecule has 0 radical (unpaired) electrons. The lowest BCUT2D eigenvalue weighted by atomic mass is 10.2. The molecule has 1 aromatic carbocycles. The number of benzene rings is 1. The number of rotatable bonds is 6. The molecule has 1 rings (SSSR count). The smallest absolute Gasteiger partial charge is 0.211 e. The number of nitrogens with zero attached hydrogens (tertiary/aromatic N) is 1. The first-order valence-corrected chi connectivity index (χ1v) is 7.40. The van der Waals surface area contributed by atoms with Gasteiger partial charge in [0.05, 0.1) is 10.5 Å². The monoisotopic (exact) mass is 324 g/mol. The fourth-order valence-corrected chi connectivity index (χ4v) is 2.60. The van der Waals surface area contributed by atoms with Gasteiger partial charge in [-0.15, -0.1) is 0 Å². The molecule has 21 heavy (non-hydrogen) atoms. The summed E-state index contributed by atoms with van der Waals surface area (Å²) in [6, 6.07) is 4.20. The van der Waals surface area contributed by atoms with Gasteiger partial charge in [-0.25, -0.2) is 17.5 Å². The number of halogens is 4. The summed E-state index contributed by atoms with van der Waals surface area (Å²) < 4.78 is 74.5. The largest absolute Gasteiger partial charge is 0.389 e. The first-order valence-electron chi connectivity index (χ1n) is 5.92. The van der Waals surface area contributed by atoms with E-state index in [0.717, 1.165) is 18.2 Å². The van der Waals surface area contributed by atoms with Crippen molar-refractivity contribution in [3.05, 3.63) is 29.6 Å². The average Bonchev–Trinajstić information content (AvgIpc) is 2.37. The van der Waals surface area contributed by atoms with Crippen molar-refractivity contribution in [1.29, 1.82) is 5.26 Å². The van der Waals surface area contributed by atoms with Crippen LogP contribution in [0.15, 0.2) is 23.1 Å². The normalized spacial score (nSPS) is 12.1. The molecule has 0 aliphatic rings. The van der Waals surface area contributed by atoms with Crippen LogP contribution in [0.3, 0.4) is 0 Å². The van der Waals surface area contributed by atoms with E-state index in [1.807, 2.05) is 0 Å². The number of hydrogen-bond acceptors (Lipinski definition) is 3. The molecular formula is C12H12F4N2O2S. The Morgan fingerprint density at radius 1 is 1.24 bits per heavy atom. The van der Waals surface area contributed by atoms with Crippen LogP contribution in [-0.4, -0.2) is 21.1 Å². The minimum absolute atomic E-state index is 0.0189. The molecule has 0 aromatic heterocycles. The molecule has 0 heterocycles. The van der Waals surface area contributed by atoms with Crippen molar-refractivity contribution in [3.8, 4) is 6.07 Å². The molecule has 1 N–H and O–H groups in total. The van der Waals surface area contributed by atoms with Crippen molar-refractivity contribution in [1.82, 2.24) is 4.72 Å². The van der Waals surface area contributed by atoms with Crippen LogP contribution in [0, 0.1) is 17.1 Å². The van der Waals surface area contributed by atoms with Crippen LogP contribution in [0.25, 0.3) is 0 Å². The van der Waals surface area contributed by atoms with E-state index < -0.39 is 34.0 Å². The molecule has 0 spiro atoms. The summed E-state index contributed by atoms with van der Waals surface area (Å²) in [5, 5.41) is 8.62. The zero-order valence-electron chi connectivity index (χ0n) is 10.7. The van der Waals surface area contributed by atoms with Gasteiger partial charge in [0.25, 0.3) is 0 Å². The Bertz CT molecular complexity index is 636. The summed E-state index contributed by atoms with van der Waals surface area (Å²) in [4.78, 5) is -0.309. The van der Waals surface area contributed by atoms with Gasteiger partial charge in [-0.05, 0) is 31.0 Å². The van der Waals surface area contributed by atoms with Gasteiger partial charge < -0.3 is 0 Å². The molecule has 0 aliphatic carbocycles. The topological polar surface area (TPSA) is 70.0 Å². The number of hydrogen-bond donors (Lipinski definition) is 1. The van der Waals surface area contributed by atoms with Gasteiger partial charge in [0, 0.05) is 13.0 Å². The van der Waals surface area contributed by atoms with E-state index in [-0.39, 0.29) is 24.3 Å². The molecule has 4 nitrogen and oxygen atoms in total. The van der Waals surface area contributed by atoms with Crippen LogP contribution in [0.1, 0.15) is 24.8 Å². The number of sulfonamides is 1. The summed E-state index contributed by atoms with van der Waals surface area (Å²) in [6.45, 7) is -0.169. The van der Waals surface area contributed by atoms with Crippen molar-refractivity contribution < 1.29 is 26.0 Å². The predicted octanol–water partition coefficient (Wildman–Crippen LogP) is 2.71. The summed E-state index contributed by atoms with van der Waals surface area (Å²) in [5.74, 6) is -0.846. The van der Waals surface area contributed by atoms with E-state index in [9.17, 15) is 26.0 Å². The van der Waals surface area contributed by atoms with Gasteiger partial charge >= 0.3 is 6.18 Å². The van der Waals surface area contributed by atoms with Gasteiger partial charge in [-0.2, -0.15) is 18.4 Å². The Kier molecular flexibility index (Phi) is 5.69. The standard InChI is InChI=1S/C12H12F4N2O2S/c13-11-4-3-10(7-9(11)8-17)21(19,20)18-6-2-1-5-12(14,15)16/h3-4,7,18H,1-2,5-6H2. The van der Waals surface area contributed by atoms with E-state index in [1.54, 1.807) is 0 Å². The molecule has 0 saturated heterocycles. The van der Waals surface area contributed by atoms with Crippen LogP contribution in [0.4, 0.5) is 17.6 Å². The lowest BCUT2D eigenvalue weighted by Gasteiger charge is -2.08. The fourth-order valence-electron chi connectivity index (χ4n) is 1.50. The molecule has 0 unspecified atom stereocenters. The van der Waals surface area contributed by atoms with E-state index in [4.69, 9.17) is 5.26 Å². The van der Waals surface area contributed by atoms with Crippen LogP contribution < -0.4 is 4.72 Å². The van der Waals surface area contributed by atoms with Crippen molar-refractivity contribution in [3.63, 3.8) is 0 Å². The first kappa shape index (κ1) is 17.4. The zero-order valence-corrected chi connectivity index (χ0v) is 11.6. The van der Waals surface area contributed by atoms with Gasteiger partial charge in [-0.1, -0.05) is 0 Å². The molecule has 0 amide bonds. The molecular weight excluding hydrogens is 312 g/mol. The number of nitriles is 1. The maximum absolute atomic E-state index is 13.1. The predicted molar refractivity (Wildman–Crippen MR) is 66.2 cm³/mol. The summed E-state index contributed by atoms with van der Waals surface area (Å²) in [7, 11) is -3.97. The van der Waals surface area contributed by atoms with Gasteiger partial charge in [0.1, 0.15) is 11.9 Å². The second-order valence-corrected chi connectivity index (χ2v) is 5.99. The Morgan fingerprint density at radius 2 is 1.90 bits per heavy atom. The van der Waals surface area contributed by atoms with Crippen molar-refractivity contribution >= 4 is 10.0 Å². The number of unbranched alkanes of at least 4 members (excludes halogenated alkanes) is 1. The second kappa shape index (κ2) is 6.87. The zero-order chi connectivity index (χ0) is 16.1. The minimum Gasteiger partial charge on any atom is -0.211 e. The Morgan fingerprint density at radius 3 is 2.48 bits per heavy atom. The fraction of sp³-hybridized carbons (Fsp3) is 0.417. The molecule has 0 bridgehead atoms. The van der Waals surface area contributed by atoms with Crippen LogP contribution in [0.2, 0.25) is 0 Å². The molecule has 0 saturated carbocycles. The third-order valence-corrected chi connectivity index (χ3v) is 4.01. The van der Waals surface area contributed by atoms with Crippen LogP contribution in [-0.2, 0) is 10.0 Å². The molecule has 9 heteroatoms. The van der Waals surface area contributed by atoms with E-state index in [2.05, 4.69) is 4.72 Å². The highest BCUT2D eigenvalue weighted by Crippen LogP contribution is 2.22. The Hall–Kier alpha value is -1.66. The van der Waals surface area contributed by atoms with Gasteiger partial charge in [-0.3, -0.25) is 0 Å². The summed E-state index contributed by atoms with van der Waals surface area (Å²) in [5.41, 5.74) is -0.421. The summed E-state index contributed by atoms with van der Waals surface area (Å²) in [6.07, 6.45) is -5.43. The molecule has 116 valence electrons. The van der Waals surface area contributed by atoms with Crippen molar-refractivity contribution in [2.45, 2.75) is 30.3 Å². The molecule has 0 atom stereocenters. The van der Waals surface area contributed by atoms with Gasteiger partial charge in [0.15, 0.2) is 0 Å². The molecule has 0 aliphatic heterocycles.